The third-order valence-electron chi connectivity index (χ3n) is 3.32. The number of hydrogen-bond acceptors (Lipinski definition) is 2. The number of anilines is 1. The van der Waals surface area contributed by atoms with Gasteiger partial charge in [-0.25, -0.2) is 0 Å². The molecular formula is C14H18N2O2. The number of nitrogens with one attached hydrogen (secondary N) is 1. The molecule has 2 rings (SSSR count). The molecule has 0 spiro atoms. The predicted molar refractivity (Wildman–Crippen MR) is 70.5 cm³/mol. The molecule has 96 valence electrons. The van der Waals surface area contributed by atoms with Gasteiger partial charge in [0.15, 0.2) is 0 Å². The minimum atomic E-state index is -0.00953. The first-order valence-electron chi connectivity index (χ1n) is 6.21. The van der Waals surface area contributed by atoms with E-state index in [1.165, 1.54) is 12.5 Å². The van der Waals surface area contributed by atoms with Crippen molar-refractivity contribution >= 4 is 17.5 Å². The maximum Gasteiger partial charge on any atom is 0.223 e. The first-order valence-corrected chi connectivity index (χ1v) is 6.21. The van der Waals surface area contributed by atoms with Crippen LogP contribution in [0.3, 0.4) is 0 Å². The van der Waals surface area contributed by atoms with Crippen molar-refractivity contribution in [1.82, 2.24) is 5.32 Å². The highest BCUT2D eigenvalue weighted by Crippen LogP contribution is 2.37. The van der Waals surface area contributed by atoms with Crippen LogP contribution < -0.4 is 10.2 Å². The third-order valence-corrected chi connectivity index (χ3v) is 3.32. The van der Waals surface area contributed by atoms with Crippen LogP contribution in [0.15, 0.2) is 24.3 Å². The fourth-order valence-electron chi connectivity index (χ4n) is 2.46. The molecule has 1 atom stereocenters. The molecule has 1 N–H and O–H groups in total. The number of fused-ring (bicyclic) bond motifs is 1. The number of amides is 2. The zero-order valence-corrected chi connectivity index (χ0v) is 10.8. The van der Waals surface area contributed by atoms with Crippen LogP contribution in [-0.4, -0.2) is 24.9 Å². The van der Waals surface area contributed by atoms with Crippen LogP contribution >= 0.6 is 0 Å². The molecule has 2 amide bonds. The summed E-state index contributed by atoms with van der Waals surface area (Å²) in [5.41, 5.74) is 2.22. The van der Waals surface area contributed by atoms with E-state index in [4.69, 9.17) is 0 Å². The molecule has 0 radical (unpaired) electrons. The molecule has 0 bridgehead atoms. The number of nitrogens with zero attached hydrogens (tertiary/aromatic N) is 1. The van der Waals surface area contributed by atoms with E-state index in [9.17, 15) is 9.59 Å². The lowest BCUT2D eigenvalue weighted by Gasteiger charge is -2.15. The van der Waals surface area contributed by atoms with Crippen LogP contribution in [0, 0.1) is 0 Å². The molecule has 1 heterocycles. The molecule has 0 aliphatic carbocycles. The van der Waals surface area contributed by atoms with Crippen molar-refractivity contribution in [3.05, 3.63) is 29.8 Å². The van der Waals surface area contributed by atoms with Crippen molar-refractivity contribution in [2.75, 3.05) is 18.0 Å². The average Bonchev–Trinajstić information content (AvgIpc) is 2.68. The number of carbonyl (C=O) groups excluding carboxylic acids is 2. The van der Waals surface area contributed by atoms with Gasteiger partial charge in [0.1, 0.15) is 0 Å². The quantitative estimate of drug-likeness (QED) is 0.881. The zero-order chi connectivity index (χ0) is 13.1. The van der Waals surface area contributed by atoms with Crippen molar-refractivity contribution in [3.63, 3.8) is 0 Å². The van der Waals surface area contributed by atoms with Crippen LogP contribution in [0.25, 0.3) is 0 Å². The Balaban J connectivity index is 2.10. The Bertz CT molecular complexity index is 471. The Morgan fingerprint density at radius 3 is 2.72 bits per heavy atom. The standard InChI is InChI=1S/C14H18N2O2/c1-10(17)15-8-7-12-9-16(11(2)18)14-6-4-3-5-13(12)14/h3-6,12H,7-9H2,1-2H3,(H,15,17). The van der Waals surface area contributed by atoms with E-state index in [0.29, 0.717) is 19.0 Å². The Hall–Kier alpha value is -1.84. The Morgan fingerprint density at radius 1 is 1.33 bits per heavy atom. The summed E-state index contributed by atoms with van der Waals surface area (Å²) in [6, 6.07) is 7.99. The van der Waals surface area contributed by atoms with Crippen molar-refractivity contribution in [2.24, 2.45) is 0 Å². The minimum absolute atomic E-state index is 0.00953. The molecule has 4 nitrogen and oxygen atoms in total. The highest BCUT2D eigenvalue weighted by atomic mass is 16.2. The molecule has 0 saturated carbocycles. The van der Waals surface area contributed by atoms with Gasteiger partial charge in [0.2, 0.25) is 11.8 Å². The van der Waals surface area contributed by atoms with E-state index >= 15 is 0 Å². The Labute approximate surface area is 107 Å². The van der Waals surface area contributed by atoms with Gasteiger partial charge >= 0.3 is 0 Å². The van der Waals surface area contributed by atoms with Gasteiger partial charge in [0.05, 0.1) is 0 Å². The van der Waals surface area contributed by atoms with Gasteiger partial charge in [-0.05, 0) is 18.1 Å². The maximum absolute atomic E-state index is 11.6. The summed E-state index contributed by atoms with van der Waals surface area (Å²) in [5.74, 6) is 0.381. The molecule has 4 heteroatoms. The van der Waals surface area contributed by atoms with Crippen molar-refractivity contribution < 1.29 is 9.59 Å². The smallest absolute Gasteiger partial charge is 0.223 e. The molecule has 1 aliphatic rings. The van der Waals surface area contributed by atoms with Crippen molar-refractivity contribution in [3.8, 4) is 0 Å². The lowest BCUT2D eigenvalue weighted by molar-refractivity contribution is -0.119. The predicted octanol–water partition coefficient (Wildman–Crippen LogP) is 1.66. The second kappa shape index (κ2) is 5.21. The van der Waals surface area contributed by atoms with Gasteiger partial charge in [0.25, 0.3) is 0 Å². The molecule has 1 aliphatic heterocycles. The normalized spacial score (nSPS) is 17.4. The van der Waals surface area contributed by atoms with Gasteiger partial charge in [-0.15, -0.1) is 0 Å². The summed E-state index contributed by atoms with van der Waals surface area (Å²) >= 11 is 0. The van der Waals surface area contributed by atoms with E-state index in [1.54, 1.807) is 6.92 Å². The second-order valence-corrected chi connectivity index (χ2v) is 4.66. The van der Waals surface area contributed by atoms with E-state index in [2.05, 4.69) is 11.4 Å². The Kier molecular flexibility index (Phi) is 3.65. The second-order valence-electron chi connectivity index (χ2n) is 4.66. The first-order chi connectivity index (χ1) is 8.59. The van der Waals surface area contributed by atoms with Gasteiger partial charge < -0.3 is 10.2 Å². The highest BCUT2D eigenvalue weighted by molar-refractivity contribution is 5.94. The highest BCUT2D eigenvalue weighted by Gasteiger charge is 2.29. The molecular weight excluding hydrogens is 228 g/mol. The summed E-state index contributed by atoms with van der Waals surface area (Å²) in [4.78, 5) is 24.3. The van der Waals surface area contributed by atoms with E-state index in [0.717, 1.165) is 12.1 Å². The molecule has 0 saturated heterocycles. The van der Waals surface area contributed by atoms with Gasteiger partial charge in [-0.3, -0.25) is 9.59 Å². The number of rotatable bonds is 3. The molecule has 1 unspecified atom stereocenters. The number of para-hydroxylation sites is 1. The Morgan fingerprint density at radius 2 is 2.06 bits per heavy atom. The molecule has 1 aromatic carbocycles. The summed E-state index contributed by atoms with van der Waals surface area (Å²) in [6.07, 6.45) is 0.861. The monoisotopic (exact) mass is 246 g/mol. The van der Waals surface area contributed by atoms with Gasteiger partial charge in [0, 0.05) is 38.5 Å². The van der Waals surface area contributed by atoms with Crippen LogP contribution in [0.2, 0.25) is 0 Å². The lowest BCUT2D eigenvalue weighted by Crippen LogP contribution is -2.28. The number of carbonyl (C=O) groups is 2. The number of benzene rings is 1. The molecule has 1 aromatic rings. The molecule has 0 aromatic heterocycles. The third kappa shape index (κ3) is 2.53. The zero-order valence-electron chi connectivity index (χ0n) is 10.8. The largest absolute Gasteiger partial charge is 0.356 e. The average molecular weight is 246 g/mol. The van der Waals surface area contributed by atoms with Gasteiger partial charge in [-0.2, -0.15) is 0 Å². The van der Waals surface area contributed by atoms with Crippen LogP contribution in [0.4, 0.5) is 5.69 Å². The fourth-order valence-corrected chi connectivity index (χ4v) is 2.46. The molecule has 18 heavy (non-hydrogen) atoms. The molecule has 0 fully saturated rings. The van der Waals surface area contributed by atoms with Crippen molar-refractivity contribution in [2.45, 2.75) is 26.2 Å². The topological polar surface area (TPSA) is 49.4 Å². The van der Waals surface area contributed by atoms with E-state index in [-0.39, 0.29) is 11.8 Å². The van der Waals surface area contributed by atoms with Crippen LogP contribution in [0.5, 0.6) is 0 Å². The fraction of sp³-hybridized carbons (Fsp3) is 0.429. The summed E-state index contributed by atoms with van der Waals surface area (Å²) < 4.78 is 0. The summed E-state index contributed by atoms with van der Waals surface area (Å²) in [7, 11) is 0. The van der Waals surface area contributed by atoms with E-state index < -0.39 is 0 Å². The summed E-state index contributed by atoms with van der Waals surface area (Å²) in [5, 5.41) is 2.80. The number of hydrogen-bond donors (Lipinski definition) is 1. The van der Waals surface area contributed by atoms with Crippen LogP contribution in [0.1, 0.15) is 31.7 Å². The van der Waals surface area contributed by atoms with E-state index in [1.807, 2.05) is 23.1 Å². The SMILES string of the molecule is CC(=O)NCCC1CN(C(C)=O)c2ccccc21. The lowest BCUT2D eigenvalue weighted by atomic mass is 9.98. The van der Waals surface area contributed by atoms with Crippen molar-refractivity contribution in [1.29, 1.82) is 0 Å². The first kappa shape index (κ1) is 12.6. The van der Waals surface area contributed by atoms with Crippen LogP contribution in [-0.2, 0) is 9.59 Å². The van der Waals surface area contributed by atoms with Gasteiger partial charge in [-0.1, -0.05) is 18.2 Å². The maximum atomic E-state index is 11.6. The summed E-state index contributed by atoms with van der Waals surface area (Å²) in [6.45, 7) is 4.48. The minimum Gasteiger partial charge on any atom is -0.356 e.